The van der Waals surface area contributed by atoms with Crippen molar-refractivity contribution in [1.29, 1.82) is 0 Å². The molecular weight excluding hydrogens is 234 g/mol. The molecule has 0 aromatic rings. The monoisotopic (exact) mass is 267 g/mol. The molecule has 2 atom stereocenters. The predicted molar refractivity (Wildman–Crippen MR) is 82.6 cm³/mol. The molecule has 2 heterocycles. The van der Waals surface area contributed by atoms with E-state index < -0.39 is 0 Å². The number of nitrogens with zero attached hydrogens (tertiary/aromatic N) is 2. The van der Waals surface area contributed by atoms with Gasteiger partial charge in [-0.3, -0.25) is 9.80 Å². The van der Waals surface area contributed by atoms with Crippen molar-refractivity contribution >= 4 is 0 Å². The lowest BCUT2D eigenvalue weighted by atomic mass is 9.97. The van der Waals surface area contributed by atoms with E-state index in [4.69, 9.17) is 0 Å². The number of rotatable bonds is 4. The van der Waals surface area contributed by atoms with Gasteiger partial charge in [-0.2, -0.15) is 0 Å². The Balaban J connectivity index is 1.71. The van der Waals surface area contributed by atoms with Gasteiger partial charge in [-0.25, -0.2) is 0 Å². The summed E-state index contributed by atoms with van der Waals surface area (Å²) in [4.78, 5) is 5.45. The second-order valence-corrected chi connectivity index (χ2v) is 7.52. The van der Waals surface area contributed by atoms with Gasteiger partial charge in [-0.15, -0.1) is 0 Å². The Labute approximate surface area is 119 Å². The summed E-state index contributed by atoms with van der Waals surface area (Å²) < 4.78 is 0. The van der Waals surface area contributed by atoms with Crippen molar-refractivity contribution in [3.8, 4) is 0 Å². The van der Waals surface area contributed by atoms with Crippen LogP contribution in [0.15, 0.2) is 0 Å². The molecule has 0 aromatic carbocycles. The Morgan fingerprint density at radius 1 is 1.16 bits per heavy atom. The second kappa shape index (κ2) is 6.55. The minimum Gasteiger partial charge on any atom is -0.312 e. The zero-order valence-electron chi connectivity index (χ0n) is 13.4. The van der Waals surface area contributed by atoms with E-state index in [9.17, 15) is 0 Å². The van der Waals surface area contributed by atoms with Crippen LogP contribution in [0.5, 0.6) is 0 Å². The van der Waals surface area contributed by atoms with Crippen LogP contribution in [0, 0.1) is 0 Å². The molecule has 2 rings (SSSR count). The van der Waals surface area contributed by atoms with Crippen LogP contribution in [0.1, 0.15) is 53.4 Å². The van der Waals surface area contributed by atoms with Crippen molar-refractivity contribution in [1.82, 2.24) is 15.1 Å². The molecule has 0 amide bonds. The highest BCUT2D eigenvalue weighted by atomic mass is 15.3. The SMILES string of the molecule is CC1CN2CCCCC2CN1CCCNC(C)(C)C. The fraction of sp³-hybridized carbons (Fsp3) is 1.00. The predicted octanol–water partition coefficient (Wildman–Crippen LogP) is 2.32. The molecule has 2 aliphatic heterocycles. The molecule has 3 heteroatoms. The van der Waals surface area contributed by atoms with Crippen molar-refractivity contribution in [3.05, 3.63) is 0 Å². The molecule has 1 N–H and O–H groups in total. The van der Waals surface area contributed by atoms with Crippen LogP contribution in [0.3, 0.4) is 0 Å². The number of piperazine rings is 1. The Hall–Kier alpha value is -0.120. The highest BCUT2D eigenvalue weighted by molar-refractivity contribution is 4.89. The Bertz CT molecular complexity index is 272. The summed E-state index contributed by atoms with van der Waals surface area (Å²) >= 11 is 0. The normalized spacial score (nSPS) is 30.3. The average molecular weight is 267 g/mol. The van der Waals surface area contributed by atoms with Crippen molar-refractivity contribution in [2.24, 2.45) is 0 Å². The van der Waals surface area contributed by atoms with E-state index in [0.717, 1.165) is 18.6 Å². The molecule has 0 radical (unpaired) electrons. The van der Waals surface area contributed by atoms with Crippen LogP contribution < -0.4 is 5.32 Å². The van der Waals surface area contributed by atoms with Crippen LogP contribution in [0.4, 0.5) is 0 Å². The Kier molecular flexibility index (Phi) is 5.27. The molecular formula is C16H33N3. The van der Waals surface area contributed by atoms with E-state index in [1.807, 2.05) is 0 Å². The first-order valence-corrected chi connectivity index (χ1v) is 8.19. The summed E-state index contributed by atoms with van der Waals surface area (Å²) in [5.74, 6) is 0. The molecule has 19 heavy (non-hydrogen) atoms. The molecule has 0 bridgehead atoms. The maximum atomic E-state index is 3.60. The number of fused-ring (bicyclic) bond motifs is 1. The summed E-state index contributed by atoms with van der Waals surface area (Å²) in [5.41, 5.74) is 0.258. The second-order valence-electron chi connectivity index (χ2n) is 7.52. The van der Waals surface area contributed by atoms with E-state index in [0.29, 0.717) is 0 Å². The average Bonchev–Trinajstić information content (AvgIpc) is 2.33. The molecule has 0 aromatic heterocycles. The quantitative estimate of drug-likeness (QED) is 0.789. The minimum atomic E-state index is 0.258. The van der Waals surface area contributed by atoms with Gasteiger partial charge in [-0.1, -0.05) is 6.42 Å². The third kappa shape index (κ3) is 4.73. The van der Waals surface area contributed by atoms with E-state index >= 15 is 0 Å². The number of nitrogens with one attached hydrogen (secondary N) is 1. The maximum absolute atomic E-state index is 3.60. The van der Waals surface area contributed by atoms with Crippen molar-refractivity contribution in [2.45, 2.75) is 71.0 Å². The number of hydrogen-bond donors (Lipinski definition) is 1. The summed E-state index contributed by atoms with van der Waals surface area (Å²) in [5, 5.41) is 3.60. The first kappa shape index (κ1) is 15.3. The molecule has 3 nitrogen and oxygen atoms in total. The van der Waals surface area contributed by atoms with Crippen molar-refractivity contribution in [3.63, 3.8) is 0 Å². The summed E-state index contributed by atoms with van der Waals surface area (Å²) in [6, 6.07) is 1.59. The molecule has 2 aliphatic rings. The highest BCUT2D eigenvalue weighted by Gasteiger charge is 2.32. The largest absolute Gasteiger partial charge is 0.312 e. The minimum absolute atomic E-state index is 0.258. The highest BCUT2D eigenvalue weighted by Crippen LogP contribution is 2.23. The lowest BCUT2D eigenvalue weighted by Crippen LogP contribution is -2.58. The van der Waals surface area contributed by atoms with Gasteiger partial charge in [0.2, 0.25) is 0 Å². The first-order chi connectivity index (χ1) is 8.96. The molecule has 112 valence electrons. The van der Waals surface area contributed by atoms with Gasteiger partial charge in [0.05, 0.1) is 0 Å². The Morgan fingerprint density at radius 3 is 2.68 bits per heavy atom. The third-order valence-corrected chi connectivity index (χ3v) is 4.59. The van der Waals surface area contributed by atoms with E-state index in [2.05, 4.69) is 42.8 Å². The molecule has 2 fully saturated rings. The fourth-order valence-electron chi connectivity index (χ4n) is 3.47. The van der Waals surface area contributed by atoms with Gasteiger partial charge >= 0.3 is 0 Å². The summed E-state index contributed by atoms with van der Waals surface area (Å²) in [6.45, 7) is 15.5. The zero-order chi connectivity index (χ0) is 13.9. The Morgan fingerprint density at radius 2 is 1.95 bits per heavy atom. The summed E-state index contributed by atoms with van der Waals surface area (Å²) in [7, 11) is 0. The van der Waals surface area contributed by atoms with Crippen molar-refractivity contribution in [2.75, 3.05) is 32.7 Å². The summed E-state index contributed by atoms with van der Waals surface area (Å²) in [6.07, 6.45) is 5.55. The molecule has 2 unspecified atom stereocenters. The lowest BCUT2D eigenvalue weighted by Gasteiger charge is -2.47. The maximum Gasteiger partial charge on any atom is 0.0223 e. The van der Waals surface area contributed by atoms with Gasteiger partial charge in [-0.05, 0) is 66.6 Å². The standard InChI is InChI=1S/C16H33N3/c1-14-12-19-10-6-5-8-15(19)13-18(14)11-7-9-17-16(2,3)4/h14-15,17H,5-13H2,1-4H3. The van der Waals surface area contributed by atoms with Gasteiger partial charge in [0.25, 0.3) is 0 Å². The lowest BCUT2D eigenvalue weighted by molar-refractivity contribution is 0.0148. The molecule has 0 aliphatic carbocycles. The third-order valence-electron chi connectivity index (χ3n) is 4.59. The van der Waals surface area contributed by atoms with E-state index in [1.165, 1.54) is 51.9 Å². The zero-order valence-corrected chi connectivity index (χ0v) is 13.4. The van der Waals surface area contributed by atoms with Gasteiger partial charge < -0.3 is 5.32 Å². The number of piperidine rings is 1. The molecule has 0 spiro atoms. The van der Waals surface area contributed by atoms with Crippen LogP contribution in [-0.2, 0) is 0 Å². The topological polar surface area (TPSA) is 18.5 Å². The molecule has 2 saturated heterocycles. The van der Waals surface area contributed by atoms with Gasteiger partial charge in [0.1, 0.15) is 0 Å². The first-order valence-electron chi connectivity index (χ1n) is 8.19. The van der Waals surface area contributed by atoms with Crippen LogP contribution in [-0.4, -0.2) is 60.1 Å². The smallest absolute Gasteiger partial charge is 0.0223 e. The van der Waals surface area contributed by atoms with Gasteiger partial charge in [0, 0.05) is 30.7 Å². The van der Waals surface area contributed by atoms with Crippen LogP contribution >= 0.6 is 0 Å². The van der Waals surface area contributed by atoms with E-state index in [-0.39, 0.29) is 5.54 Å². The van der Waals surface area contributed by atoms with Crippen molar-refractivity contribution < 1.29 is 0 Å². The van der Waals surface area contributed by atoms with Gasteiger partial charge in [0.15, 0.2) is 0 Å². The molecule has 0 saturated carbocycles. The number of hydrogen-bond acceptors (Lipinski definition) is 3. The fourth-order valence-corrected chi connectivity index (χ4v) is 3.47. The van der Waals surface area contributed by atoms with Crippen LogP contribution in [0.2, 0.25) is 0 Å². The van der Waals surface area contributed by atoms with E-state index in [1.54, 1.807) is 0 Å². The van der Waals surface area contributed by atoms with Crippen LogP contribution in [0.25, 0.3) is 0 Å².